The molecule has 1 unspecified atom stereocenters. The van der Waals surface area contributed by atoms with E-state index in [4.69, 9.17) is 4.74 Å². The SMILES string of the molecule is COCCNCCC(C)(O)Cc1cccc(F)c1F. The average Bonchev–Trinajstić information content (AvgIpc) is 2.34. The van der Waals surface area contributed by atoms with E-state index in [1.807, 2.05) is 0 Å². The standard InChI is InChI=1S/C14H21F2NO2/c1-14(18,6-7-17-8-9-19-2)10-11-4-3-5-12(15)13(11)16/h3-5,17-18H,6-10H2,1-2H3. The Bertz CT molecular complexity index is 397. The van der Waals surface area contributed by atoms with Crippen molar-refractivity contribution in [2.75, 3.05) is 26.8 Å². The van der Waals surface area contributed by atoms with Gasteiger partial charge in [0.25, 0.3) is 0 Å². The van der Waals surface area contributed by atoms with E-state index in [0.717, 1.165) is 6.07 Å². The van der Waals surface area contributed by atoms with Crippen LogP contribution in [0.2, 0.25) is 0 Å². The first kappa shape index (κ1) is 16.0. The van der Waals surface area contributed by atoms with Gasteiger partial charge < -0.3 is 15.2 Å². The number of ether oxygens (including phenoxy) is 1. The van der Waals surface area contributed by atoms with E-state index in [0.29, 0.717) is 26.1 Å². The first-order chi connectivity index (χ1) is 8.96. The third kappa shape index (κ3) is 5.63. The second-order valence-corrected chi connectivity index (χ2v) is 4.88. The summed E-state index contributed by atoms with van der Waals surface area (Å²) in [5.41, 5.74) is -0.879. The minimum Gasteiger partial charge on any atom is -0.390 e. The molecule has 108 valence electrons. The molecule has 0 amide bonds. The summed E-state index contributed by atoms with van der Waals surface area (Å²) in [5.74, 6) is -1.76. The average molecular weight is 273 g/mol. The van der Waals surface area contributed by atoms with Crippen molar-refractivity contribution >= 4 is 0 Å². The van der Waals surface area contributed by atoms with Crippen molar-refractivity contribution in [2.24, 2.45) is 0 Å². The molecule has 1 aromatic rings. The third-order valence-electron chi connectivity index (χ3n) is 2.93. The van der Waals surface area contributed by atoms with Crippen LogP contribution in [0.25, 0.3) is 0 Å². The van der Waals surface area contributed by atoms with E-state index < -0.39 is 17.2 Å². The molecule has 0 fully saturated rings. The number of aliphatic hydroxyl groups is 1. The van der Waals surface area contributed by atoms with Crippen molar-refractivity contribution in [1.82, 2.24) is 5.32 Å². The minimum atomic E-state index is -1.07. The molecule has 0 radical (unpaired) electrons. The summed E-state index contributed by atoms with van der Waals surface area (Å²) in [7, 11) is 1.62. The van der Waals surface area contributed by atoms with Crippen molar-refractivity contribution in [2.45, 2.75) is 25.4 Å². The topological polar surface area (TPSA) is 41.5 Å². The largest absolute Gasteiger partial charge is 0.390 e. The fraction of sp³-hybridized carbons (Fsp3) is 0.571. The molecular weight excluding hydrogens is 252 g/mol. The van der Waals surface area contributed by atoms with Crippen LogP contribution in [0.1, 0.15) is 18.9 Å². The van der Waals surface area contributed by atoms with Crippen LogP contribution in [-0.2, 0) is 11.2 Å². The monoisotopic (exact) mass is 273 g/mol. The second kappa shape index (κ2) is 7.53. The molecule has 0 aromatic heterocycles. The summed E-state index contributed by atoms with van der Waals surface area (Å²) >= 11 is 0. The first-order valence-corrected chi connectivity index (χ1v) is 6.31. The molecule has 0 spiro atoms. The summed E-state index contributed by atoms with van der Waals surface area (Å²) < 4.78 is 31.4. The van der Waals surface area contributed by atoms with Crippen molar-refractivity contribution in [3.05, 3.63) is 35.4 Å². The maximum atomic E-state index is 13.5. The van der Waals surface area contributed by atoms with Crippen LogP contribution in [0.4, 0.5) is 8.78 Å². The van der Waals surface area contributed by atoms with E-state index in [9.17, 15) is 13.9 Å². The molecule has 0 bridgehead atoms. The van der Waals surface area contributed by atoms with Crippen LogP contribution in [-0.4, -0.2) is 37.5 Å². The number of rotatable bonds is 8. The van der Waals surface area contributed by atoms with Gasteiger partial charge >= 0.3 is 0 Å². The van der Waals surface area contributed by atoms with Gasteiger partial charge in [-0.2, -0.15) is 0 Å². The van der Waals surface area contributed by atoms with Gasteiger partial charge in [-0.15, -0.1) is 0 Å². The van der Waals surface area contributed by atoms with E-state index in [2.05, 4.69) is 5.32 Å². The highest BCUT2D eigenvalue weighted by Gasteiger charge is 2.23. The van der Waals surface area contributed by atoms with Crippen molar-refractivity contribution in [1.29, 1.82) is 0 Å². The lowest BCUT2D eigenvalue weighted by Gasteiger charge is -2.24. The van der Waals surface area contributed by atoms with E-state index in [1.165, 1.54) is 12.1 Å². The predicted octanol–water partition coefficient (Wildman–Crippen LogP) is 1.88. The number of hydrogen-bond acceptors (Lipinski definition) is 3. The highest BCUT2D eigenvalue weighted by molar-refractivity contribution is 5.20. The third-order valence-corrected chi connectivity index (χ3v) is 2.93. The molecule has 3 nitrogen and oxygen atoms in total. The van der Waals surface area contributed by atoms with Crippen LogP contribution in [0.3, 0.4) is 0 Å². The first-order valence-electron chi connectivity index (χ1n) is 6.31. The zero-order chi connectivity index (χ0) is 14.3. The molecule has 0 aliphatic rings. The molecule has 0 aliphatic heterocycles. The summed E-state index contributed by atoms with van der Waals surface area (Å²) in [6.45, 7) is 3.50. The fourth-order valence-corrected chi connectivity index (χ4v) is 1.84. The molecule has 1 atom stereocenters. The normalized spacial score (nSPS) is 14.4. The Morgan fingerprint density at radius 3 is 2.74 bits per heavy atom. The van der Waals surface area contributed by atoms with Crippen LogP contribution in [0.15, 0.2) is 18.2 Å². The Labute approximate surface area is 112 Å². The highest BCUT2D eigenvalue weighted by atomic mass is 19.2. The summed E-state index contributed by atoms with van der Waals surface area (Å²) in [6.07, 6.45) is 0.537. The Hall–Kier alpha value is -1.04. The molecule has 5 heteroatoms. The highest BCUT2D eigenvalue weighted by Crippen LogP contribution is 2.20. The van der Waals surface area contributed by atoms with Gasteiger partial charge in [-0.05, 0) is 31.5 Å². The van der Waals surface area contributed by atoms with Crippen LogP contribution in [0.5, 0.6) is 0 Å². The second-order valence-electron chi connectivity index (χ2n) is 4.88. The van der Waals surface area contributed by atoms with Crippen molar-refractivity contribution in [3.63, 3.8) is 0 Å². The Morgan fingerprint density at radius 1 is 1.32 bits per heavy atom. The van der Waals surface area contributed by atoms with Gasteiger partial charge in [0.15, 0.2) is 11.6 Å². The molecule has 1 aromatic carbocycles. The van der Waals surface area contributed by atoms with E-state index >= 15 is 0 Å². The van der Waals surface area contributed by atoms with Gasteiger partial charge in [0, 0.05) is 20.1 Å². The number of nitrogens with one attached hydrogen (secondary N) is 1. The summed E-state index contributed by atoms with van der Waals surface area (Å²) in [6, 6.07) is 4.01. The maximum absolute atomic E-state index is 13.5. The van der Waals surface area contributed by atoms with Gasteiger partial charge in [0.1, 0.15) is 0 Å². The minimum absolute atomic E-state index is 0.0859. The Balaban J connectivity index is 2.47. The van der Waals surface area contributed by atoms with Crippen molar-refractivity contribution < 1.29 is 18.6 Å². The lowest BCUT2D eigenvalue weighted by atomic mass is 9.93. The molecule has 0 saturated heterocycles. The van der Waals surface area contributed by atoms with E-state index in [-0.39, 0.29) is 12.0 Å². The molecule has 19 heavy (non-hydrogen) atoms. The summed E-state index contributed by atoms with van der Waals surface area (Å²) in [5, 5.41) is 13.3. The molecule has 2 N–H and O–H groups in total. The smallest absolute Gasteiger partial charge is 0.162 e. The maximum Gasteiger partial charge on any atom is 0.162 e. The number of hydrogen-bond donors (Lipinski definition) is 2. The Kier molecular flexibility index (Phi) is 6.34. The number of methoxy groups -OCH3 is 1. The zero-order valence-corrected chi connectivity index (χ0v) is 11.4. The van der Waals surface area contributed by atoms with Gasteiger partial charge in [-0.25, -0.2) is 8.78 Å². The molecule has 0 aliphatic carbocycles. The van der Waals surface area contributed by atoms with Gasteiger partial charge in [-0.1, -0.05) is 12.1 Å². The predicted molar refractivity (Wildman–Crippen MR) is 70.0 cm³/mol. The Morgan fingerprint density at radius 2 is 2.05 bits per heavy atom. The van der Waals surface area contributed by atoms with Crippen LogP contribution >= 0.6 is 0 Å². The molecule has 1 rings (SSSR count). The molecule has 0 saturated carbocycles. The van der Waals surface area contributed by atoms with Crippen LogP contribution < -0.4 is 5.32 Å². The quantitative estimate of drug-likeness (QED) is 0.711. The number of halogens is 2. The van der Waals surface area contributed by atoms with Gasteiger partial charge in [0.2, 0.25) is 0 Å². The zero-order valence-electron chi connectivity index (χ0n) is 11.4. The van der Waals surface area contributed by atoms with Crippen LogP contribution in [0, 0.1) is 11.6 Å². The fourth-order valence-electron chi connectivity index (χ4n) is 1.84. The van der Waals surface area contributed by atoms with Gasteiger partial charge in [0.05, 0.1) is 12.2 Å². The lowest BCUT2D eigenvalue weighted by Crippen LogP contribution is -2.33. The van der Waals surface area contributed by atoms with E-state index in [1.54, 1.807) is 14.0 Å². The lowest BCUT2D eigenvalue weighted by molar-refractivity contribution is 0.0500. The van der Waals surface area contributed by atoms with Gasteiger partial charge in [-0.3, -0.25) is 0 Å². The molecule has 0 heterocycles. The summed E-state index contributed by atoms with van der Waals surface area (Å²) in [4.78, 5) is 0. The van der Waals surface area contributed by atoms with Crippen molar-refractivity contribution in [3.8, 4) is 0 Å². The molecular formula is C14H21F2NO2. The number of benzene rings is 1.